The molecule has 9 heteroatoms. The highest BCUT2D eigenvalue weighted by Gasteiger charge is 2.27. The van der Waals surface area contributed by atoms with Gasteiger partial charge in [0.2, 0.25) is 5.91 Å². The Balaban J connectivity index is 1.48. The summed E-state index contributed by atoms with van der Waals surface area (Å²) in [6.45, 7) is 8.11. The number of amides is 1. The lowest BCUT2D eigenvalue weighted by Gasteiger charge is -2.15. The molecule has 1 unspecified atom stereocenters. The average Bonchev–Trinajstić information content (AvgIpc) is 3.52. The summed E-state index contributed by atoms with van der Waals surface area (Å²) in [6.07, 6.45) is 0.569. The van der Waals surface area contributed by atoms with E-state index >= 15 is 0 Å². The van der Waals surface area contributed by atoms with E-state index < -0.39 is 11.2 Å². The highest BCUT2D eigenvalue weighted by molar-refractivity contribution is 8.00. The second-order valence-electron chi connectivity index (χ2n) is 8.92. The number of ether oxygens (including phenoxy) is 1. The average molecular weight is 545 g/mol. The SMILES string of the molecule is CCOC(=O)c1c(-c2ccccc2)csc1NC(=O)C(CC)Sc1nnc2cc(C)c3cccc(C)c3n12. The second kappa shape index (κ2) is 11.0. The number of hydrogen-bond acceptors (Lipinski definition) is 7. The number of aryl methyl sites for hydroxylation is 2. The fraction of sp³-hybridized carbons (Fsp3) is 0.241. The van der Waals surface area contributed by atoms with Gasteiger partial charge in [-0.15, -0.1) is 21.5 Å². The number of fused-ring (bicyclic) bond motifs is 3. The van der Waals surface area contributed by atoms with Gasteiger partial charge in [-0.05, 0) is 49.9 Å². The Morgan fingerprint density at radius 3 is 2.58 bits per heavy atom. The number of benzene rings is 2. The van der Waals surface area contributed by atoms with Gasteiger partial charge in [-0.2, -0.15) is 0 Å². The minimum atomic E-state index is -0.454. The van der Waals surface area contributed by atoms with Gasteiger partial charge in [0, 0.05) is 16.3 Å². The van der Waals surface area contributed by atoms with Crippen molar-refractivity contribution >= 4 is 56.5 Å². The van der Waals surface area contributed by atoms with E-state index in [2.05, 4.69) is 41.5 Å². The number of anilines is 1. The summed E-state index contributed by atoms with van der Waals surface area (Å²) in [5.74, 6) is -0.654. The number of rotatable bonds is 8. The van der Waals surface area contributed by atoms with Gasteiger partial charge in [-0.3, -0.25) is 9.20 Å². The fourth-order valence-corrected chi connectivity index (χ4v) is 6.46. The van der Waals surface area contributed by atoms with Crippen molar-refractivity contribution < 1.29 is 14.3 Å². The number of nitrogens with one attached hydrogen (secondary N) is 1. The summed E-state index contributed by atoms with van der Waals surface area (Å²) in [7, 11) is 0. The molecule has 0 fully saturated rings. The molecule has 0 saturated carbocycles. The van der Waals surface area contributed by atoms with Crippen LogP contribution in [0.2, 0.25) is 0 Å². The smallest absolute Gasteiger partial charge is 0.341 e. The molecule has 38 heavy (non-hydrogen) atoms. The van der Waals surface area contributed by atoms with E-state index in [1.54, 1.807) is 6.92 Å². The van der Waals surface area contributed by atoms with Gasteiger partial charge in [0.1, 0.15) is 10.6 Å². The topological polar surface area (TPSA) is 85.6 Å². The summed E-state index contributed by atoms with van der Waals surface area (Å²) in [5, 5.41) is 15.6. The van der Waals surface area contributed by atoms with Crippen LogP contribution in [0.1, 0.15) is 41.8 Å². The van der Waals surface area contributed by atoms with Crippen molar-refractivity contribution in [2.45, 2.75) is 44.5 Å². The quantitative estimate of drug-likeness (QED) is 0.169. The summed E-state index contributed by atoms with van der Waals surface area (Å²) in [5.41, 5.74) is 6.04. The molecular formula is C29H28N4O3S2. The van der Waals surface area contributed by atoms with E-state index in [4.69, 9.17) is 4.74 Å². The molecule has 1 N–H and O–H groups in total. The first-order valence-electron chi connectivity index (χ1n) is 12.5. The maximum absolute atomic E-state index is 13.5. The number of esters is 1. The zero-order valence-corrected chi connectivity index (χ0v) is 23.3. The maximum Gasteiger partial charge on any atom is 0.341 e. The van der Waals surface area contributed by atoms with Gasteiger partial charge in [0.05, 0.1) is 17.4 Å². The molecule has 0 aliphatic carbocycles. The summed E-state index contributed by atoms with van der Waals surface area (Å²) >= 11 is 2.70. The molecule has 1 atom stereocenters. The molecular weight excluding hydrogens is 516 g/mol. The Labute approximate surface area is 229 Å². The Hall–Kier alpha value is -3.69. The number of carbonyl (C=O) groups excluding carboxylic acids is 2. The van der Waals surface area contributed by atoms with E-state index in [0.29, 0.717) is 22.1 Å². The first-order chi connectivity index (χ1) is 18.4. The number of thioether (sulfide) groups is 1. The third-order valence-corrected chi connectivity index (χ3v) is 8.60. The molecule has 5 rings (SSSR count). The van der Waals surface area contributed by atoms with E-state index in [0.717, 1.165) is 38.8 Å². The normalized spacial score (nSPS) is 12.1. The van der Waals surface area contributed by atoms with Gasteiger partial charge in [-0.1, -0.05) is 67.2 Å². The van der Waals surface area contributed by atoms with Crippen molar-refractivity contribution in [1.82, 2.24) is 14.6 Å². The lowest BCUT2D eigenvalue weighted by molar-refractivity contribution is -0.115. The van der Waals surface area contributed by atoms with Crippen LogP contribution in [0.25, 0.3) is 27.7 Å². The predicted molar refractivity (Wildman–Crippen MR) is 154 cm³/mol. The Morgan fingerprint density at radius 2 is 1.84 bits per heavy atom. The Kier molecular flexibility index (Phi) is 7.49. The standard InChI is InChI=1S/C29H28N4O3S2/c1-5-22(38-29-32-31-23-15-18(4)20-14-10-11-17(3)25(20)33(23)29)26(34)30-27-24(28(35)36-6-2)21(16-37-27)19-12-8-7-9-13-19/h7-16,22H,5-6H2,1-4H3,(H,30,34). The van der Waals surface area contributed by atoms with Crippen LogP contribution in [0.5, 0.6) is 0 Å². The van der Waals surface area contributed by atoms with Crippen LogP contribution in [-0.4, -0.2) is 38.3 Å². The highest BCUT2D eigenvalue weighted by atomic mass is 32.2. The van der Waals surface area contributed by atoms with Crippen molar-refractivity contribution in [3.8, 4) is 11.1 Å². The molecule has 3 aromatic heterocycles. The monoisotopic (exact) mass is 544 g/mol. The molecule has 5 aromatic rings. The molecule has 0 aliphatic heterocycles. The van der Waals surface area contributed by atoms with Crippen LogP contribution in [0.15, 0.2) is 65.1 Å². The lowest BCUT2D eigenvalue weighted by atomic mass is 10.0. The number of pyridine rings is 1. The zero-order valence-electron chi connectivity index (χ0n) is 21.6. The third kappa shape index (κ3) is 4.79. The molecule has 0 radical (unpaired) electrons. The van der Waals surface area contributed by atoms with E-state index in [-0.39, 0.29) is 12.5 Å². The van der Waals surface area contributed by atoms with Crippen molar-refractivity contribution in [2.75, 3.05) is 11.9 Å². The highest BCUT2D eigenvalue weighted by Crippen LogP contribution is 2.37. The fourth-order valence-electron chi connectivity index (χ4n) is 4.53. The van der Waals surface area contributed by atoms with Crippen LogP contribution < -0.4 is 5.32 Å². The lowest BCUT2D eigenvalue weighted by Crippen LogP contribution is -2.25. The summed E-state index contributed by atoms with van der Waals surface area (Å²) in [6, 6.07) is 17.8. The molecule has 1 amide bonds. The van der Waals surface area contributed by atoms with E-state index in [1.165, 1.54) is 23.1 Å². The second-order valence-corrected chi connectivity index (χ2v) is 11.0. The van der Waals surface area contributed by atoms with Crippen molar-refractivity contribution in [1.29, 1.82) is 0 Å². The minimum Gasteiger partial charge on any atom is -0.462 e. The number of aromatic nitrogens is 3. The molecule has 2 aromatic carbocycles. The minimum absolute atomic E-state index is 0.200. The van der Waals surface area contributed by atoms with Crippen molar-refractivity contribution in [3.05, 3.63) is 76.7 Å². The van der Waals surface area contributed by atoms with E-state index in [9.17, 15) is 9.59 Å². The molecule has 0 saturated heterocycles. The Bertz CT molecular complexity index is 1640. The van der Waals surface area contributed by atoms with Crippen LogP contribution in [0, 0.1) is 13.8 Å². The van der Waals surface area contributed by atoms with Crippen LogP contribution >= 0.6 is 23.1 Å². The molecule has 3 heterocycles. The third-order valence-electron chi connectivity index (χ3n) is 6.39. The molecule has 0 bridgehead atoms. The first kappa shape index (κ1) is 25.9. The molecule has 7 nitrogen and oxygen atoms in total. The molecule has 0 spiro atoms. The molecule has 194 valence electrons. The largest absolute Gasteiger partial charge is 0.462 e. The van der Waals surface area contributed by atoms with Gasteiger partial charge in [0.25, 0.3) is 0 Å². The number of carbonyl (C=O) groups is 2. The summed E-state index contributed by atoms with van der Waals surface area (Å²) in [4.78, 5) is 26.5. The van der Waals surface area contributed by atoms with Crippen molar-refractivity contribution in [3.63, 3.8) is 0 Å². The van der Waals surface area contributed by atoms with Crippen LogP contribution in [-0.2, 0) is 9.53 Å². The van der Waals surface area contributed by atoms with E-state index in [1.807, 2.05) is 59.2 Å². The van der Waals surface area contributed by atoms with Gasteiger partial charge in [0.15, 0.2) is 10.8 Å². The summed E-state index contributed by atoms with van der Waals surface area (Å²) < 4.78 is 7.37. The van der Waals surface area contributed by atoms with Crippen LogP contribution in [0.3, 0.4) is 0 Å². The number of thiophene rings is 1. The Morgan fingerprint density at radius 1 is 1.05 bits per heavy atom. The van der Waals surface area contributed by atoms with Crippen LogP contribution in [0.4, 0.5) is 5.00 Å². The van der Waals surface area contributed by atoms with Gasteiger partial charge in [-0.25, -0.2) is 4.79 Å². The predicted octanol–water partition coefficient (Wildman–Crippen LogP) is 6.91. The number of para-hydroxylation sites is 1. The van der Waals surface area contributed by atoms with Gasteiger partial charge >= 0.3 is 5.97 Å². The van der Waals surface area contributed by atoms with Gasteiger partial charge < -0.3 is 10.1 Å². The zero-order chi connectivity index (χ0) is 26.8. The molecule has 0 aliphatic rings. The first-order valence-corrected chi connectivity index (χ1v) is 14.2. The number of hydrogen-bond donors (Lipinski definition) is 1. The van der Waals surface area contributed by atoms with Crippen molar-refractivity contribution in [2.24, 2.45) is 0 Å². The maximum atomic E-state index is 13.5. The number of nitrogens with zero attached hydrogens (tertiary/aromatic N) is 3.